The van der Waals surface area contributed by atoms with Crippen molar-refractivity contribution in [1.29, 1.82) is 0 Å². The van der Waals surface area contributed by atoms with Crippen molar-refractivity contribution in [2.45, 2.75) is 31.3 Å². The van der Waals surface area contributed by atoms with Crippen LogP contribution in [0.25, 0.3) is 0 Å². The number of ether oxygens (including phenoxy) is 1. The fraction of sp³-hybridized carbons (Fsp3) is 0.217. The van der Waals surface area contributed by atoms with Crippen molar-refractivity contribution < 1.29 is 9.84 Å². The van der Waals surface area contributed by atoms with Gasteiger partial charge in [-0.3, -0.25) is 0 Å². The van der Waals surface area contributed by atoms with Gasteiger partial charge >= 0.3 is 0 Å². The van der Waals surface area contributed by atoms with Gasteiger partial charge in [-0.1, -0.05) is 61.0 Å². The molecule has 0 saturated heterocycles. The Morgan fingerprint density at radius 1 is 0.760 bits per heavy atom. The van der Waals surface area contributed by atoms with E-state index in [0.717, 1.165) is 18.6 Å². The zero-order valence-electron chi connectivity index (χ0n) is 14.2. The van der Waals surface area contributed by atoms with E-state index < -0.39 is 0 Å². The molecule has 0 heterocycles. The van der Waals surface area contributed by atoms with Crippen LogP contribution in [0.1, 0.15) is 36.0 Å². The maximum absolute atomic E-state index is 9.56. The molecule has 1 saturated carbocycles. The average molecular weight is 330 g/mol. The SMILES string of the molecule is Oc1ccc(C2(c3ccc(OCc4ccccc4)cc3)CCC2)cc1. The number of benzene rings is 3. The summed E-state index contributed by atoms with van der Waals surface area (Å²) in [7, 11) is 0. The number of rotatable bonds is 5. The maximum Gasteiger partial charge on any atom is 0.119 e. The van der Waals surface area contributed by atoms with Gasteiger partial charge in [0.25, 0.3) is 0 Å². The minimum absolute atomic E-state index is 0.0889. The van der Waals surface area contributed by atoms with Gasteiger partial charge in [-0.05, 0) is 53.8 Å². The van der Waals surface area contributed by atoms with Crippen LogP contribution in [0.4, 0.5) is 0 Å². The van der Waals surface area contributed by atoms with Crippen LogP contribution in [0, 0.1) is 0 Å². The Morgan fingerprint density at radius 3 is 1.92 bits per heavy atom. The second kappa shape index (κ2) is 6.64. The van der Waals surface area contributed by atoms with Crippen molar-refractivity contribution in [3.05, 3.63) is 95.6 Å². The molecule has 3 aromatic carbocycles. The lowest BCUT2D eigenvalue weighted by atomic mass is 9.60. The third-order valence-electron chi connectivity index (χ3n) is 5.28. The predicted octanol–water partition coefficient (Wildman–Crippen LogP) is 5.44. The zero-order chi connectivity index (χ0) is 17.1. The molecule has 1 aliphatic carbocycles. The Hall–Kier alpha value is -2.74. The van der Waals surface area contributed by atoms with Crippen molar-refractivity contribution in [3.8, 4) is 11.5 Å². The molecule has 1 N–H and O–H groups in total. The molecule has 25 heavy (non-hydrogen) atoms. The predicted molar refractivity (Wildman–Crippen MR) is 100.0 cm³/mol. The van der Waals surface area contributed by atoms with Crippen LogP contribution in [-0.4, -0.2) is 5.11 Å². The van der Waals surface area contributed by atoms with Crippen LogP contribution in [0.15, 0.2) is 78.9 Å². The molecular formula is C23H22O2. The van der Waals surface area contributed by atoms with Gasteiger partial charge in [-0.15, -0.1) is 0 Å². The first-order valence-electron chi connectivity index (χ1n) is 8.83. The molecule has 126 valence electrons. The van der Waals surface area contributed by atoms with Gasteiger partial charge in [0.2, 0.25) is 0 Å². The summed E-state index contributed by atoms with van der Waals surface area (Å²) in [6.45, 7) is 0.587. The first kappa shape index (κ1) is 15.8. The van der Waals surface area contributed by atoms with E-state index in [2.05, 4.69) is 36.4 Å². The maximum atomic E-state index is 9.56. The third kappa shape index (κ3) is 3.12. The number of hydrogen-bond acceptors (Lipinski definition) is 2. The molecule has 4 rings (SSSR count). The molecule has 0 spiro atoms. The second-order valence-electron chi connectivity index (χ2n) is 6.78. The Kier molecular flexibility index (Phi) is 4.19. The molecule has 0 amide bonds. The Labute approximate surface area is 148 Å². The van der Waals surface area contributed by atoms with E-state index >= 15 is 0 Å². The van der Waals surface area contributed by atoms with Gasteiger partial charge in [0.05, 0.1) is 0 Å². The van der Waals surface area contributed by atoms with E-state index in [9.17, 15) is 5.11 Å². The topological polar surface area (TPSA) is 29.5 Å². The number of phenolic OH excluding ortho intramolecular Hbond substituents is 1. The molecule has 0 unspecified atom stereocenters. The largest absolute Gasteiger partial charge is 0.508 e. The van der Waals surface area contributed by atoms with Crippen LogP contribution < -0.4 is 4.74 Å². The van der Waals surface area contributed by atoms with Gasteiger partial charge < -0.3 is 9.84 Å². The van der Waals surface area contributed by atoms with E-state index in [1.54, 1.807) is 12.1 Å². The molecule has 0 bridgehead atoms. The van der Waals surface area contributed by atoms with Gasteiger partial charge in [0, 0.05) is 5.41 Å². The van der Waals surface area contributed by atoms with E-state index in [4.69, 9.17) is 4.74 Å². The molecule has 0 atom stereocenters. The Balaban J connectivity index is 1.51. The van der Waals surface area contributed by atoms with Gasteiger partial charge in [0.1, 0.15) is 18.1 Å². The third-order valence-corrected chi connectivity index (χ3v) is 5.28. The highest BCUT2D eigenvalue weighted by Gasteiger charge is 2.40. The summed E-state index contributed by atoms with van der Waals surface area (Å²) in [4.78, 5) is 0. The minimum Gasteiger partial charge on any atom is -0.508 e. The van der Waals surface area contributed by atoms with Gasteiger partial charge in [-0.2, -0.15) is 0 Å². The lowest BCUT2D eigenvalue weighted by Gasteiger charge is -2.43. The fourth-order valence-corrected chi connectivity index (χ4v) is 3.67. The summed E-state index contributed by atoms with van der Waals surface area (Å²) in [5, 5.41) is 9.56. The summed E-state index contributed by atoms with van der Waals surface area (Å²) in [5.41, 5.74) is 3.88. The molecule has 3 aromatic rings. The monoisotopic (exact) mass is 330 g/mol. The molecular weight excluding hydrogens is 308 g/mol. The summed E-state index contributed by atoms with van der Waals surface area (Å²) >= 11 is 0. The number of hydrogen-bond donors (Lipinski definition) is 1. The van der Waals surface area contributed by atoms with Crippen LogP contribution in [0.5, 0.6) is 11.5 Å². The molecule has 0 radical (unpaired) electrons. The van der Waals surface area contributed by atoms with E-state index in [1.165, 1.54) is 23.1 Å². The standard InChI is InChI=1S/C23H22O2/c24-21-11-7-19(8-12-21)23(15-4-16-23)20-9-13-22(14-10-20)25-17-18-5-2-1-3-6-18/h1-3,5-14,24H,4,15-17H2. The van der Waals surface area contributed by atoms with Gasteiger partial charge in [0.15, 0.2) is 0 Å². The number of phenols is 1. The van der Waals surface area contributed by atoms with Crippen molar-refractivity contribution in [1.82, 2.24) is 0 Å². The fourth-order valence-electron chi connectivity index (χ4n) is 3.67. The van der Waals surface area contributed by atoms with E-state index in [1.807, 2.05) is 30.3 Å². The highest BCUT2D eigenvalue weighted by molar-refractivity contribution is 5.45. The highest BCUT2D eigenvalue weighted by atomic mass is 16.5. The van der Waals surface area contributed by atoms with Crippen molar-refractivity contribution in [3.63, 3.8) is 0 Å². The van der Waals surface area contributed by atoms with Crippen molar-refractivity contribution in [2.75, 3.05) is 0 Å². The summed E-state index contributed by atoms with van der Waals surface area (Å²) in [5.74, 6) is 1.22. The molecule has 1 aliphatic rings. The normalized spacial score (nSPS) is 15.4. The van der Waals surface area contributed by atoms with E-state index in [0.29, 0.717) is 12.4 Å². The average Bonchev–Trinajstić information content (AvgIpc) is 2.63. The lowest BCUT2D eigenvalue weighted by Crippen LogP contribution is -2.35. The van der Waals surface area contributed by atoms with Crippen molar-refractivity contribution >= 4 is 0 Å². The molecule has 0 aromatic heterocycles. The summed E-state index contributed by atoms with van der Waals surface area (Å²) in [6.07, 6.45) is 3.55. The first-order valence-corrected chi connectivity index (χ1v) is 8.83. The van der Waals surface area contributed by atoms with Crippen LogP contribution in [0.2, 0.25) is 0 Å². The van der Waals surface area contributed by atoms with Gasteiger partial charge in [-0.25, -0.2) is 0 Å². The summed E-state index contributed by atoms with van der Waals surface area (Å²) < 4.78 is 5.90. The quantitative estimate of drug-likeness (QED) is 0.675. The van der Waals surface area contributed by atoms with Crippen LogP contribution in [-0.2, 0) is 12.0 Å². The molecule has 0 aliphatic heterocycles. The Morgan fingerprint density at radius 2 is 1.36 bits per heavy atom. The minimum atomic E-state index is 0.0889. The zero-order valence-corrected chi connectivity index (χ0v) is 14.2. The molecule has 1 fully saturated rings. The lowest BCUT2D eigenvalue weighted by molar-refractivity contribution is 0.296. The second-order valence-corrected chi connectivity index (χ2v) is 6.78. The van der Waals surface area contributed by atoms with Crippen molar-refractivity contribution in [2.24, 2.45) is 0 Å². The van der Waals surface area contributed by atoms with Crippen LogP contribution >= 0.6 is 0 Å². The first-order chi connectivity index (χ1) is 12.3. The molecule has 2 nitrogen and oxygen atoms in total. The highest BCUT2D eigenvalue weighted by Crippen LogP contribution is 2.49. The number of aromatic hydroxyl groups is 1. The Bertz CT molecular complexity index is 816. The summed E-state index contributed by atoms with van der Waals surface area (Å²) in [6, 6.07) is 26.4. The molecule has 2 heteroatoms. The van der Waals surface area contributed by atoms with Crippen LogP contribution in [0.3, 0.4) is 0 Å². The smallest absolute Gasteiger partial charge is 0.119 e. The van der Waals surface area contributed by atoms with E-state index in [-0.39, 0.29) is 5.41 Å².